The summed E-state index contributed by atoms with van der Waals surface area (Å²) < 4.78 is 11.8. The van der Waals surface area contributed by atoms with Crippen LogP contribution in [0.2, 0.25) is 0 Å². The maximum atomic E-state index is 14.4. The van der Waals surface area contributed by atoms with Crippen LogP contribution in [0.5, 0.6) is 5.75 Å². The van der Waals surface area contributed by atoms with Crippen LogP contribution in [0.25, 0.3) is 0 Å². The molecule has 8 heteroatoms. The quantitative estimate of drug-likeness (QED) is 0.510. The first-order chi connectivity index (χ1) is 19.3. The van der Waals surface area contributed by atoms with Crippen LogP contribution in [-0.4, -0.2) is 53.5 Å². The molecule has 1 aliphatic carbocycles. The van der Waals surface area contributed by atoms with E-state index in [9.17, 15) is 14.4 Å². The Bertz CT molecular complexity index is 1330. The van der Waals surface area contributed by atoms with Crippen LogP contribution in [0.3, 0.4) is 0 Å². The van der Waals surface area contributed by atoms with Crippen LogP contribution in [0.4, 0.5) is 5.69 Å². The SMILES string of the molecule is COc1cccc(NC(=O)C2C3C=CC4(O3)C2C(=O)N(C(C)c2ccccc2)C4C(=O)NC2CCCCC2C)c1. The second kappa shape index (κ2) is 10.4. The van der Waals surface area contributed by atoms with Crippen LogP contribution in [-0.2, 0) is 19.1 Å². The lowest BCUT2D eigenvalue weighted by molar-refractivity contribution is -0.144. The fraction of sp³-hybridized carbons (Fsp3) is 0.469. The van der Waals surface area contributed by atoms with E-state index in [1.165, 1.54) is 0 Å². The van der Waals surface area contributed by atoms with Gasteiger partial charge in [-0.15, -0.1) is 0 Å². The largest absolute Gasteiger partial charge is 0.497 e. The van der Waals surface area contributed by atoms with Gasteiger partial charge < -0.3 is 25.0 Å². The van der Waals surface area contributed by atoms with Crippen molar-refractivity contribution >= 4 is 23.4 Å². The molecule has 0 aromatic heterocycles. The van der Waals surface area contributed by atoms with Crippen LogP contribution >= 0.6 is 0 Å². The smallest absolute Gasteiger partial charge is 0.246 e. The number of rotatable bonds is 7. The van der Waals surface area contributed by atoms with Gasteiger partial charge in [0.1, 0.15) is 17.4 Å². The van der Waals surface area contributed by atoms with Crippen molar-refractivity contribution in [3.63, 3.8) is 0 Å². The zero-order chi connectivity index (χ0) is 28.0. The Morgan fingerprint density at radius 2 is 1.85 bits per heavy atom. The summed E-state index contributed by atoms with van der Waals surface area (Å²) in [7, 11) is 1.57. The van der Waals surface area contributed by atoms with Crippen LogP contribution < -0.4 is 15.4 Å². The van der Waals surface area contributed by atoms with Crippen molar-refractivity contribution in [2.75, 3.05) is 12.4 Å². The molecular formula is C32H37N3O5. The van der Waals surface area contributed by atoms with Crippen molar-refractivity contribution in [3.8, 4) is 5.75 Å². The average molecular weight is 544 g/mol. The van der Waals surface area contributed by atoms with Gasteiger partial charge in [0.2, 0.25) is 17.7 Å². The molecule has 0 radical (unpaired) electrons. The van der Waals surface area contributed by atoms with E-state index in [1.54, 1.807) is 36.3 Å². The van der Waals surface area contributed by atoms with E-state index in [-0.39, 0.29) is 29.8 Å². The van der Waals surface area contributed by atoms with E-state index in [0.29, 0.717) is 17.4 Å². The molecule has 3 heterocycles. The van der Waals surface area contributed by atoms with Gasteiger partial charge in [-0.2, -0.15) is 0 Å². The first kappa shape index (κ1) is 26.6. The lowest BCUT2D eigenvalue weighted by Gasteiger charge is -2.38. The highest BCUT2D eigenvalue weighted by Gasteiger charge is 2.73. The van der Waals surface area contributed by atoms with Crippen LogP contribution in [0, 0.1) is 17.8 Å². The number of amides is 3. The molecule has 210 valence electrons. The summed E-state index contributed by atoms with van der Waals surface area (Å²) in [5.74, 6) is -1.34. The molecule has 1 saturated carbocycles. The molecule has 2 saturated heterocycles. The van der Waals surface area contributed by atoms with Gasteiger partial charge in [0.05, 0.1) is 31.1 Å². The maximum absolute atomic E-state index is 14.4. The zero-order valence-electron chi connectivity index (χ0n) is 23.2. The average Bonchev–Trinajstić information content (AvgIpc) is 3.61. The molecule has 2 bridgehead atoms. The fourth-order valence-electron chi connectivity index (χ4n) is 7.23. The third-order valence-corrected chi connectivity index (χ3v) is 9.34. The number of ether oxygens (including phenoxy) is 2. The first-order valence-electron chi connectivity index (χ1n) is 14.3. The van der Waals surface area contributed by atoms with Crippen molar-refractivity contribution in [1.29, 1.82) is 0 Å². The number of anilines is 1. The van der Waals surface area contributed by atoms with E-state index in [0.717, 1.165) is 31.2 Å². The molecule has 6 rings (SSSR count). The number of carbonyl (C=O) groups excluding carboxylic acids is 3. The summed E-state index contributed by atoms with van der Waals surface area (Å²) in [5, 5.41) is 6.25. The number of likely N-dealkylation sites (tertiary alicyclic amines) is 1. The minimum Gasteiger partial charge on any atom is -0.497 e. The minimum absolute atomic E-state index is 0.0513. The van der Waals surface area contributed by atoms with Gasteiger partial charge in [-0.3, -0.25) is 14.4 Å². The van der Waals surface area contributed by atoms with Gasteiger partial charge in [-0.1, -0.05) is 68.3 Å². The molecule has 8 nitrogen and oxygen atoms in total. The van der Waals surface area contributed by atoms with Crippen molar-refractivity contribution in [3.05, 3.63) is 72.3 Å². The number of benzene rings is 2. The summed E-state index contributed by atoms with van der Waals surface area (Å²) in [6, 6.07) is 15.6. The number of hydrogen-bond donors (Lipinski definition) is 2. The highest BCUT2D eigenvalue weighted by molar-refractivity contribution is 6.03. The standard InChI is InChI=1S/C32H37N3O5/c1-19-10-7-8-15-24(19)34-30(37)28-32-17-16-25(40-32)26(29(36)33-22-13-9-14-23(18-22)39-3)27(32)31(38)35(28)20(2)21-11-5-4-6-12-21/h4-6,9,11-14,16-20,24-28H,7-8,10,15H2,1-3H3,(H,33,36)(H,34,37). The van der Waals surface area contributed by atoms with Gasteiger partial charge in [0, 0.05) is 17.8 Å². The Kier molecular flexibility index (Phi) is 6.90. The van der Waals surface area contributed by atoms with E-state index in [1.807, 2.05) is 49.4 Å². The third-order valence-electron chi connectivity index (χ3n) is 9.34. The molecule has 40 heavy (non-hydrogen) atoms. The minimum atomic E-state index is -1.21. The summed E-state index contributed by atoms with van der Waals surface area (Å²) in [4.78, 5) is 43.9. The van der Waals surface area contributed by atoms with Gasteiger partial charge >= 0.3 is 0 Å². The number of carbonyl (C=O) groups is 3. The molecule has 8 atom stereocenters. The van der Waals surface area contributed by atoms with Crippen molar-refractivity contribution in [2.24, 2.45) is 17.8 Å². The summed E-state index contributed by atoms with van der Waals surface area (Å²) in [5.41, 5.74) is 0.293. The highest BCUT2D eigenvalue weighted by Crippen LogP contribution is 2.56. The molecule has 4 aliphatic rings. The van der Waals surface area contributed by atoms with Gasteiger partial charge in [-0.05, 0) is 43.4 Å². The van der Waals surface area contributed by atoms with E-state index >= 15 is 0 Å². The normalized spacial score (nSPS) is 33.0. The predicted molar refractivity (Wildman–Crippen MR) is 150 cm³/mol. The number of methoxy groups -OCH3 is 1. The Morgan fingerprint density at radius 1 is 1.07 bits per heavy atom. The Labute approximate surface area is 235 Å². The third kappa shape index (κ3) is 4.29. The van der Waals surface area contributed by atoms with Gasteiger partial charge in [0.25, 0.3) is 0 Å². The number of fused-ring (bicyclic) bond motifs is 1. The summed E-state index contributed by atoms with van der Waals surface area (Å²) in [6.45, 7) is 4.11. The molecule has 2 N–H and O–H groups in total. The number of nitrogens with zero attached hydrogens (tertiary/aromatic N) is 1. The van der Waals surface area contributed by atoms with Gasteiger partial charge in [-0.25, -0.2) is 0 Å². The second-order valence-corrected chi connectivity index (χ2v) is 11.6. The monoisotopic (exact) mass is 543 g/mol. The lowest BCUT2D eigenvalue weighted by atomic mass is 9.74. The van der Waals surface area contributed by atoms with E-state index < -0.39 is 29.6 Å². The molecule has 8 unspecified atom stereocenters. The van der Waals surface area contributed by atoms with Crippen molar-refractivity contribution in [2.45, 2.75) is 69.4 Å². The first-order valence-corrected chi connectivity index (χ1v) is 14.3. The number of nitrogens with one attached hydrogen (secondary N) is 2. The molecular weight excluding hydrogens is 506 g/mol. The molecule has 1 spiro atoms. The number of hydrogen-bond acceptors (Lipinski definition) is 5. The summed E-state index contributed by atoms with van der Waals surface area (Å²) >= 11 is 0. The Morgan fingerprint density at radius 3 is 2.60 bits per heavy atom. The summed E-state index contributed by atoms with van der Waals surface area (Å²) in [6.07, 6.45) is 7.35. The van der Waals surface area contributed by atoms with Crippen LogP contribution in [0.15, 0.2) is 66.7 Å². The zero-order valence-corrected chi connectivity index (χ0v) is 23.2. The molecule has 3 aliphatic heterocycles. The molecule has 2 aromatic carbocycles. The Hall–Kier alpha value is -3.65. The second-order valence-electron chi connectivity index (χ2n) is 11.6. The van der Waals surface area contributed by atoms with Crippen molar-refractivity contribution in [1.82, 2.24) is 10.2 Å². The highest BCUT2D eigenvalue weighted by atomic mass is 16.5. The maximum Gasteiger partial charge on any atom is 0.246 e. The predicted octanol–water partition coefficient (Wildman–Crippen LogP) is 4.24. The Balaban J connectivity index is 1.35. The lowest BCUT2D eigenvalue weighted by Crippen LogP contribution is -2.57. The van der Waals surface area contributed by atoms with Crippen molar-refractivity contribution < 1.29 is 23.9 Å². The molecule has 3 amide bonds. The van der Waals surface area contributed by atoms with E-state index in [2.05, 4.69) is 17.6 Å². The van der Waals surface area contributed by atoms with Crippen LogP contribution in [0.1, 0.15) is 51.1 Å². The molecule has 2 aromatic rings. The topological polar surface area (TPSA) is 97.0 Å². The van der Waals surface area contributed by atoms with E-state index in [4.69, 9.17) is 9.47 Å². The molecule has 3 fully saturated rings. The fourth-order valence-corrected chi connectivity index (χ4v) is 7.23. The van der Waals surface area contributed by atoms with Gasteiger partial charge in [0.15, 0.2) is 0 Å².